The summed E-state index contributed by atoms with van der Waals surface area (Å²) < 4.78 is 5.09. The Morgan fingerprint density at radius 3 is 2.65 bits per heavy atom. The lowest BCUT2D eigenvalue weighted by atomic mass is 9.82. The fourth-order valence-corrected chi connectivity index (χ4v) is 1.51. The highest BCUT2D eigenvalue weighted by molar-refractivity contribution is 6.32. The Kier molecular flexibility index (Phi) is 4.40. The highest BCUT2D eigenvalue weighted by atomic mass is 35.5. The summed E-state index contributed by atoms with van der Waals surface area (Å²) in [5, 5.41) is 2.83. The standard InChI is InChI=1S/C13H18ClNO2/c1-5-13(2,3)9-6-7-10(14)11(8-9)17-12(16)15-4/h6-8H,5H2,1-4H3,(H,15,16). The van der Waals surface area contributed by atoms with Crippen LogP contribution < -0.4 is 10.1 Å². The van der Waals surface area contributed by atoms with Gasteiger partial charge in [0.25, 0.3) is 0 Å². The molecule has 0 fully saturated rings. The molecule has 0 aromatic heterocycles. The van der Waals surface area contributed by atoms with Crippen molar-refractivity contribution in [3.8, 4) is 5.75 Å². The second-order valence-corrected chi connectivity index (χ2v) is 4.93. The smallest absolute Gasteiger partial charge is 0.409 e. The molecule has 0 atom stereocenters. The topological polar surface area (TPSA) is 38.3 Å². The van der Waals surface area contributed by atoms with E-state index in [9.17, 15) is 4.79 Å². The maximum absolute atomic E-state index is 11.2. The number of hydrogen-bond acceptors (Lipinski definition) is 2. The van der Waals surface area contributed by atoms with Gasteiger partial charge < -0.3 is 10.1 Å². The Morgan fingerprint density at radius 2 is 2.12 bits per heavy atom. The van der Waals surface area contributed by atoms with Crippen molar-refractivity contribution >= 4 is 17.7 Å². The number of ether oxygens (including phenoxy) is 1. The lowest BCUT2D eigenvalue weighted by molar-refractivity contribution is 0.203. The van der Waals surface area contributed by atoms with Crippen molar-refractivity contribution in [1.29, 1.82) is 0 Å². The Morgan fingerprint density at radius 1 is 1.47 bits per heavy atom. The van der Waals surface area contributed by atoms with Crippen LogP contribution in [0, 0.1) is 0 Å². The van der Waals surface area contributed by atoms with Crippen LogP contribution in [0.15, 0.2) is 18.2 Å². The SMILES string of the molecule is CCC(C)(C)c1ccc(Cl)c(OC(=O)NC)c1. The van der Waals surface area contributed by atoms with Gasteiger partial charge in [-0.2, -0.15) is 0 Å². The fraction of sp³-hybridized carbons (Fsp3) is 0.462. The summed E-state index contributed by atoms with van der Waals surface area (Å²) in [7, 11) is 1.51. The number of halogens is 1. The average Bonchev–Trinajstić information content (AvgIpc) is 2.31. The summed E-state index contributed by atoms with van der Waals surface area (Å²) >= 11 is 5.99. The average molecular weight is 256 g/mol. The summed E-state index contributed by atoms with van der Waals surface area (Å²) in [6, 6.07) is 5.54. The summed E-state index contributed by atoms with van der Waals surface area (Å²) in [5.41, 5.74) is 1.13. The van der Waals surface area contributed by atoms with Crippen molar-refractivity contribution in [1.82, 2.24) is 5.32 Å². The molecule has 4 heteroatoms. The van der Waals surface area contributed by atoms with Gasteiger partial charge in [-0.25, -0.2) is 4.79 Å². The molecule has 0 radical (unpaired) electrons. The molecule has 0 saturated carbocycles. The molecule has 1 rings (SSSR count). The quantitative estimate of drug-likeness (QED) is 0.893. The molecule has 0 bridgehead atoms. The molecular formula is C13H18ClNO2. The minimum absolute atomic E-state index is 0.0331. The maximum Gasteiger partial charge on any atom is 0.412 e. The van der Waals surface area contributed by atoms with Gasteiger partial charge in [0.15, 0.2) is 5.75 Å². The summed E-state index contributed by atoms with van der Waals surface area (Å²) in [5.74, 6) is 0.394. The van der Waals surface area contributed by atoms with E-state index in [0.29, 0.717) is 10.8 Å². The first-order valence-corrected chi connectivity index (χ1v) is 5.98. The number of hydrogen-bond donors (Lipinski definition) is 1. The Balaban J connectivity index is 3.06. The second-order valence-electron chi connectivity index (χ2n) is 4.52. The lowest BCUT2D eigenvalue weighted by Gasteiger charge is -2.24. The molecule has 1 amide bonds. The monoisotopic (exact) mass is 255 g/mol. The van der Waals surface area contributed by atoms with Gasteiger partial charge in [0.05, 0.1) is 5.02 Å². The largest absolute Gasteiger partial charge is 0.412 e. The highest BCUT2D eigenvalue weighted by Crippen LogP contribution is 2.33. The van der Waals surface area contributed by atoms with Crippen LogP contribution in [-0.4, -0.2) is 13.1 Å². The molecule has 1 aromatic rings. The zero-order valence-corrected chi connectivity index (χ0v) is 11.4. The molecule has 0 aliphatic heterocycles. The molecule has 1 aromatic carbocycles. The molecule has 0 aliphatic carbocycles. The molecule has 3 nitrogen and oxygen atoms in total. The maximum atomic E-state index is 11.2. The Bertz CT molecular complexity index is 416. The van der Waals surface area contributed by atoms with Crippen LogP contribution in [0.25, 0.3) is 0 Å². The number of nitrogens with one attached hydrogen (secondary N) is 1. The molecule has 17 heavy (non-hydrogen) atoms. The van der Waals surface area contributed by atoms with Gasteiger partial charge in [-0.1, -0.05) is 38.4 Å². The molecular weight excluding hydrogens is 238 g/mol. The molecule has 0 unspecified atom stereocenters. The van der Waals surface area contributed by atoms with Gasteiger partial charge in [-0.3, -0.25) is 0 Å². The van der Waals surface area contributed by atoms with E-state index in [1.54, 1.807) is 6.07 Å². The summed E-state index contributed by atoms with van der Waals surface area (Å²) in [6.45, 7) is 6.40. The molecule has 0 spiro atoms. The second kappa shape index (κ2) is 5.41. The number of amides is 1. The fourth-order valence-electron chi connectivity index (χ4n) is 1.36. The number of carbonyl (C=O) groups is 1. The van der Waals surface area contributed by atoms with Crippen LogP contribution >= 0.6 is 11.6 Å². The van der Waals surface area contributed by atoms with Crippen molar-refractivity contribution in [3.63, 3.8) is 0 Å². The van der Waals surface area contributed by atoms with Gasteiger partial charge in [0.2, 0.25) is 0 Å². The zero-order valence-electron chi connectivity index (χ0n) is 10.6. The van der Waals surface area contributed by atoms with E-state index in [1.807, 2.05) is 12.1 Å². The van der Waals surface area contributed by atoms with Gasteiger partial charge in [-0.15, -0.1) is 0 Å². The van der Waals surface area contributed by atoms with Crippen molar-refractivity contribution in [3.05, 3.63) is 28.8 Å². The van der Waals surface area contributed by atoms with Crippen LogP contribution in [0.3, 0.4) is 0 Å². The lowest BCUT2D eigenvalue weighted by Crippen LogP contribution is -2.22. The first-order valence-electron chi connectivity index (χ1n) is 5.60. The predicted octanol–water partition coefficient (Wildman–Crippen LogP) is 3.75. The van der Waals surface area contributed by atoms with Gasteiger partial charge in [0, 0.05) is 7.05 Å². The van der Waals surface area contributed by atoms with E-state index >= 15 is 0 Å². The minimum Gasteiger partial charge on any atom is -0.409 e. The van der Waals surface area contributed by atoms with E-state index in [2.05, 4.69) is 26.1 Å². The van der Waals surface area contributed by atoms with E-state index in [1.165, 1.54) is 7.05 Å². The normalized spacial score (nSPS) is 11.1. The van der Waals surface area contributed by atoms with E-state index < -0.39 is 6.09 Å². The summed E-state index contributed by atoms with van der Waals surface area (Å²) in [6.07, 6.45) is 0.479. The third kappa shape index (κ3) is 3.37. The van der Waals surface area contributed by atoms with Gasteiger partial charge >= 0.3 is 6.09 Å². The van der Waals surface area contributed by atoms with E-state index in [0.717, 1.165) is 12.0 Å². The molecule has 1 N–H and O–H groups in total. The molecule has 94 valence electrons. The number of benzene rings is 1. The zero-order chi connectivity index (χ0) is 13.1. The van der Waals surface area contributed by atoms with Crippen molar-refractivity contribution in [2.24, 2.45) is 0 Å². The molecule has 0 heterocycles. The van der Waals surface area contributed by atoms with Crippen molar-refractivity contribution in [2.75, 3.05) is 7.05 Å². The third-order valence-electron chi connectivity index (χ3n) is 3.00. The minimum atomic E-state index is -0.515. The third-order valence-corrected chi connectivity index (χ3v) is 3.32. The van der Waals surface area contributed by atoms with Crippen molar-refractivity contribution < 1.29 is 9.53 Å². The number of carbonyl (C=O) groups excluding carboxylic acids is 1. The summed E-state index contributed by atoms with van der Waals surface area (Å²) in [4.78, 5) is 11.2. The number of rotatable bonds is 3. The van der Waals surface area contributed by atoms with Crippen LogP contribution in [0.4, 0.5) is 4.79 Å². The van der Waals surface area contributed by atoms with Crippen molar-refractivity contribution in [2.45, 2.75) is 32.6 Å². The van der Waals surface area contributed by atoms with Gasteiger partial charge in [-0.05, 0) is 29.5 Å². The van der Waals surface area contributed by atoms with Crippen LogP contribution in [0.1, 0.15) is 32.8 Å². The highest BCUT2D eigenvalue weighted by Gasteiger charge is 2.20. The van der Waals surface area contributed by atoms with E-state index in [-0.39, 0.29) is 5.41 Å². The first-order chi connectivity index (χ1) is 7.90. The van der Waals surface area contributed by atoms with Gasteiger partial charge in [0.1, 0.15) is 0 Å². The van der Waals surface area contributed by atoms with Crippen LogP contribution in [0.2, 0.25) is 5.02 Å². The predicted molar refractivity (Wildman–Crippen MR) is 69.9 cm³/mol. The first kappa shape index (κ1) is 13.8. The molecule has 0 saturated heterocycles. The van der Waals surface area contributed by atoms with E-state index in [4.69, 9.17) is 16.3 Å². The Hall–Kier alpha value is -1.22. The van der Waals surface area contributed by atoms with Crippen LogP contribution in [0.5, 0.6) is 5.75 Å². The van der Waals surface area contributed by atoms with Crippen LogP contribution in [-0.2, 0) is 5.41 Å². The Labute approximate surface area is 107 Å². The molecule has 0 aliphatic rings.